The van der Waals surface area contributed by atoms with Gasteiger partial charge in [-0.1, -0.05) is 118 Å². The molecule has 0 radical (unpaired) electrons. The lowest BCUT2D eigenvalue weighted by Crippen LogP contribution is -2.39. The number of nitrogens with zero attached hydrogens (tertiary/aromatic N) is 1. The first kappa shape index (κ1) is 31.8. The normalized spacial score (nSPS) is 16.1. The van der Waals surface area contributed by atoms with Crippen molar-refractivity contribution in [2.24, 2.45) is 0 Å². The van der Waals surface area contributed by atoms with Gasteiger partial charge in [0.05, 0.1) is 0 Å². The van der Waals surface area contributed by atoms with Crippen LogP contribution in [0.4, 0.5) is 0 Å². The predicted molar refractivity (Wildman–Crippen MR) is 181 cm³/mol. The molecule has 2 unspecified atom stereocenters. The van der Waals surface area contributed by atoms with Crippen LogP contribution in [0.2, 0.25) is 0 Å². The fraction of sp³-hybridized carbons (Fsp3) is 0.368. The molecule has 0 amide bonds. The van der Waals surface area contributed by atoms with Crippen LogP contribution in [0.3, 0.4) is 0 Å². The monoisotopic (exact) mass is 611 g/mol. The Labute approximate surface area is 267 Å². The Kier molecular flexibility index (Phi) is 11.5. The molecule has 44 heavy (non-hydrogen) atoms. The van der Waals surface area contributed by atoms with Crippen molar-refractivity contribution < 1.29 is 19.7 Å². The van der Waals surface area contributed by atoms with Crippen molar-refractivity contribution in [3.63, 3.8) is 0 Å². The van der Waals surface area contributed by atoms with Gasteiger partial charge in [0, 0.05) is 29.8 Å². The van der Waals surface area contributed by atoms with E-state index in [1.165, 1.54) is 19.3 Å². The lowest BCUT2D eigenvalue weighted by Gasteiger charge is -2.41. The van der Waals surface area contributed by atoms with E-state index in [4.69, 9.17) is 9.47 Å². The summed E-state index contributed by atoms with van der Waals surface area (Å²) in [6.07, 6.45) is 6.47. The first-order valence-corrected chi connectivity index (χ1v) is 16.9. The van der Waals surface area contributed by atoms with Crippen LogP contribution in [0.25, 0.3) is 0 Å². The Balaban J connectivity index is 1.52. The molecule has 2 atom stereocenters. The highest BCUT2D eigenvalue weighted by atomic mass is 32.2. The number of unbranched alkanes of at least 4 members (excludes halogenated alkanes) is 3. The van der Waals surface area contributed by atoms with E-state index in [1.807, 2.05) is 60.5 Å². The fourth-order valence-electron chi connectivity index (χ4n) is 6.18. The molecule has 0 fully saturated rings. The zero-order chi connectivity index (χ0) is 30.7. The third kappa shape index (κ3) is 7.91. The van der Waals surface area contributed by atoms with Gasteiger partial charge in [-0.15, -0.1) is 0 Å². The molecule has 0 saturated heterocycles. The van der Waals surface area contributed by atoms with Crippen molar-refractivity contribution >= 4 is 11.9 Å². The molecular formula is C38H45NO4S. The first-order valence-electron chi connectivity index (χ1n) is 16.0. The second kappa shape index (κ2) is 15.9. The Morgan fingerprint density at radius 1 is 0.773 bits per heavy atom. The summed E-state index contributed by atoms with van der Waals surface area (Å²) < 4.78 is 15.4. The van der Waals surface area contributed by atoms with Crippen LogP contribution >= 0.6 is 11.9 Å². The van der Waals surface area contributed by atoms with Crippen molar-refractivity contribution in [3.8, 4) is 23.0 Å². The van der Waals surface area contributed by atoms with Crippen LogP contribution in [-0.4, -0.2) is 32.9 Å². The highest BCUT2D eigenvalue weighted by Crippen LogP contribution is 2.47. The van der Waals surface area contributed by atoms with Gasteiger partial charge < -0.3 is 19.7 Å². The summed E-state index contributed by atoms with van der Waals surface area (Å²) in [5.41, 5.74) is 5.21. The molecule has 0 bridgehead atoms. The number of hydrogen-bond donors (Lipinski definition) is 2. The molecule has 5 rings (SSSR count). The van der Waals surface area contributed by atoms with E-state index in [1.54, 1.807) is 6.07 Å². The van der Waals surface area contributed by atoms with Gasteiger partial charge >= 0.3 is 0 Å². The molecule has 1 aliphatic carbocycles. The number of aromatic hydroxyl groups is 2. The Morgan fingerprint density at radius 3 is 2.11 bits per heavy atom. The van der Waals surface area contributed by atoms with E-state index < -0.39 is 0 Å². The van der Waals surface area contributed by atoms with Gasteiger partial charge in [-0.3, -0.25) is 0 Å². The van der Waals surface area contributed by atoms with E-state index in [2.05, 4.69) is 54.6 Å². The second-order valence-corrected chi connectivity index (χ2v) is 12.8. The lowest BCUT2D eigenvalue weighted by molar-refractivity contribution is 0.254. The number of phenolic OH excluding ortho intramolecular Hbond substituents is 2. The standard InChI is InChI=1S/C38H45NO4S/c1-3-5-6-13-24-39(44-4-2)33-21-19-32-31(20-22-34(40)38(32)41)37(33)30-18-23-35(42-26-28-14-9-7-10-15-28)36(25-30)43-27-29-16-11-8-12-17-29/h7-12,14-18,20,22-23,25,33,37,40-41H,3-6,13,19,21,24,26-27H2,1-2H3. The smallest absolute Gasteiger partial charge is 0.161 e. The summed E-state index contributed by atoms with van der Waals surface area (Å²) in [5.74, 6) is 2.35. The van der Waals surface area contributed by atoms with Crippen LogP contribution in [0.5, 0.6) is 23.0 Å². The van der Waals surface area contributed by atoms with Crippen molar-refractivity contribution in [3.05, 3.63) is 119 Å². The number of phenols is 2. The number of rotatable bonds is 15. The van der Waals surface area contributed by atoms with Crippen LogP contribution < -0.4 is 9.47 Å². The molecule has 5 nitrogen and oxygen atoms in total. The van der Waals surface area contributed by atoms with E-state index >= 15 is 0 Å². The minimum absolute atomic E-state index is 0.00211. The molecule has 232 valence electrons. The molecule has 2 N–H and O–H groups in total. The molecule has 4 aromatic rings. The van der Waals surface area contributed by atoms with Gasteiger partial charge in [-0.25, -0.2) is 4.31 Å². The van der Waals surface area contributed by atoms with Crippen LogP contribution in [0, 0.1) is 0 Å². The third-order valence-electron chi connectivity index (χ3n) is 8.41. The zero-order valence-corrected chi connectivity index (χ0v) is 26.8. The largest absolute Gasteiger partial charge is 0.504 e. The SMILES string of the molecule is CCCCCCN(SCC)C1CCc2c(ccc(O)c2O)C1c1ccc(OCc2ccccc2)c(OCc2ccccc2)c1. The maximum atomic E-state index is 10.9. The summed E-state index contributed by atoms with van der Waals surface area (Å²) in [4.78, 5) is 0. The molecule has 1 aliphatic rings. The van der Waals surface area contributed by atoms with E-state index in [-0.39, 0.29) is 23.5 Å². The Morgan fingerprint density at radius 2 is 1.45 bits per heavy atom. The summed E-state index contributed by atoms with van der Waals surface area (Å²) in [6.45, 7) is 6.37. The quantitative estimate of drug-likeness (QED) is 0.0794. The van der Waals surface area contributed by atoms with Crippen molar-refractivity contribution in [1.82, 2.24) is 4.31 Å². The van der Waals surface area contributed by atoms with Crippen LogP contribution in [0.1, 0.15) is 79.7 Å². The van der Waals surface area contributed by atoms with Crippen LogP contribution in [-0.2, 0) is 19.6 Å². The minimum Gasteiger partial charge on any atom is -0.504 e. The van der Waals surface area contributed by atoms with Crippen molar-refractivity contribution in [2.75, 3.05) is 12.3 Å². The second-order valence-electron chi connectivity index (χ2n) is 11.5. The Bertz CT molecular complexity index is 1460. The van der Waals surface area contributed by atoms with Gasteiger partial charge in [0.2, 0.25) is 0 Å². The topological polar surface area (TPSA) is 62.2 Å². The van der Waals surface area contributed by atoms with Crippen LogP contribution in [0.15, 0.2) is 91.0 Å². The molecule has 0 aliphatic heterocycles. The first-order chi connectivity index (χ1) is 21.6. The fourth-order valence-corrected chi connectivity index (χ4v) is 7.19. The van der Waals surface area contributed by atoms with Gasteiger partial charge in [0.1, 0.15) is 13.2 Å². The van der Waals surface area contributed by atoms with E-state index in [0.29, 0.717) is 24.7 Å². The summed E-state index contributed by atoms with van der Waals surface area (Å²) in [5, 5.41) is 21.3. The van der Waals surface area contributed by atoms with Gasteiger partial charge in [0.25, 0.3) is 0 Å². The maximum absolute atomic E-state index is 10.9. The molecule has 6 heteroatoms. The van der Waals surface area contributed by atoms with Gasteiger partial charge in [-0.2, -0.15) is 0 Å². The molecule has 0 heterocycles. The number of fused-ring (bicyclic) bond motifs is 1. The molecule has 4 aromatic carbocycles. The van der Waals surface area contributed by atoms with Crippen molar-refractivity contribution in [2.45, 2.75) is 77.5 Å². The third-order valence-corrected chi connectivity index (χ3v) is 9.45. The lowest BCUT2D eigenvalue weighted by atomic mass is 9.75. The number of benzene rings is 4. The van der Waals surface area contributed by atoms with Gasteiger partial charge in [0.15, 0.2) is 23.0 Å². The zero-order valence-electron chi connectivity index (χ0n) is 26.0. The molecule has 0 aromatic heterocycles. The average molecular weight is 612 g/mol. The summed E-state index contributed by atoms with van der Waals surface area (Å²) in [7, 11) is 0. The number of hydrogen-bond acceptors (Lipinski definition) is 6. The average Bonchev–Trinajstić information content (AvgIpc) is 3.06. The number of ether oxygens (including phenoxy) is 2. The highest BCUT2D eigenvalue weighted by molar-refractivity contribution is 7.97. The maximum Gasteiger partial charge on any atom is 0.161 e. The predicted octanol–water partition coefficient (Wildman–Crippen LogP) is 9.25. The summed E-state index contributed by atoms with van der Waals surface area (Å²) >= 11 is 1.91. The molecule has 0 spiro atoms. The highest BCUT2D eigenvalue weighted by Gasteiger charge is 2.37. The molecular weight excluding hydrogens is 566 g/mol. The molecule has 0 saturated carbocycles. The van der Waals surface area contributed by atoms with Crippen molar-refractivity contribution in [1.29, 1.82) is 0 Å². The van der Waals surface area contributed by atoms with E-state index in [9.17, 15) is 10.2 Å². The van der Waals surface area contributed by atoms with Gasteiger partial charge in [-0.05, 0) is 59.7 Å². The summed E-state index contributed by atoms with van der Waals surface area (Å²) in [6, 6.07) is 30.5. The van der Waals surface area contributed by atoms with E-state index in [0.717, 1.165) is 59.4 Å². The minimum atomic E-state index is -0.0585. The Hall–Kier alpha value is -3.61.